The molecule has 0 radical (unpaired) electrons. The van der Waals surface area contributed by atoms with Gasteiger partial charge in [-0.1, -0.05) is 35.9 Å². The number of aromatic nitrogens is 1. The number of anilines is 1. The molecule has 0 aliphatic carbocycles. The van der Waals surface area contributed by atoms with Gasteiger partial charge in [-0.3, -0.25) is 4.98 Å². The molecule has 3 aromatic carbocycles. The molecule has 2 aromatic heterocycles. The second kappa shape index (κ2) is 10.1. The van der Waals surface area contributed by atoms with Gasteiger partial charge < -0.3 is 19.4 Å². The summed E-state index contributed by atoms with van der Waals surface area (Å²) in [4.78, 5) is 6.68. The van der Waals surface area contributed by atoms with Gasteiger partial charge in [-0.05, 0) is 97.1 Å². The highest BCUT2D eigenvalue weighted by atomic mass is 35.5. The number of rotatable bonds is 6. The van der Waals surface area contributed by atoms with Crippen molar-refractivity contribution in [2.75, 3.05) is 4.90 Å². The van der Waals surface area contributed by atoms with E-state index in [2.05, 4.69) is 15.2 Å². The molecule has 1 aliphatic heterocycles. The standard InChI is InChI=1S/C30H22ClN3O2S/c31-21-11-9-20(10-12-21)26-17-18-27(36-26)29-28(25-8-4-5-19-32-25)33-30(37)34(29)22-13-15-24(16-14-22)35-23-6-2-1-3-7-23/h1-19,28-29H,(H,33,37). The van der Waals surface area contributed by atoms with Gasteiger partial charge in [-0.2, -0.15) is 0 Å². The van der Waals surface area contributed by atoms with Gasteiger partial charge in [-0.25, -0.2) is 0 Å². The summed E-state index contributed by atoms with van der Waals surface area (Å²) in [7, 11) is 0. The molecule has 1 aliphatic rings. The van der Waals surface area contributed by atoms with E-state index in [-0.39, 0.29) is 12.1 Å². The largest absolute Gasteiger partial charge is 0.459 e. The van der Waals surface area contributed by atoms with Crippen LogP contribution in [0.3, 0.4) is 0 Å². The number of thiocarbonyl (C=S) groups is 1. The van der Waals surface area contributed by atoms with Crippen LogP contribution in [-0.2, 0) is 0 Å². The fourth-order valence-electron chi connectivity index (χ4n) is 4.50. The third-order valence-corrected chi connectivity index (χ3v) is 6.81. The quantitative estimate of drug-likeness (QED) is 0.228. The normalized spacial score (nSPS) is 17.0. The lowest BCUT2D eigenvalue weighted by molar-refractivity contribution is 0.439. The maximum absolute atomic E-state index is 6.41. The van der Waals surface area contributed by atoms with Gasteiger partial charge >= 0.3 is 0 Å². The number of hydrogen-bond donors (Lipinski definition) is 1. The molecule has 7 heteroatoms. The summed E-state index contributed by atoms with van der Waals surface area (Å²) in [6, 6.07) is 34.6. The third kappa shape index (κ3) is 4.81. The van der Waals surface area contributed by atoms with Crippen LogP contribution in [0, 0.1) is 0 Å². The number of para-hydroxylation sites is 1. The number of hydrogen-bond acceptors (Lipinski definition) is 4. The minimum Gasteiger partial charge on any atom is -0.459 e. The first-order valence-corrected chi connectivity index (χ1v) is 12.6. The molecule has 1 saturated heterocycles. The van der Waals surface area contributed by atoms with Crippen LogP contribution < -0.4 is 15.0 Å². The van der Waals surface area contributed by atoms with E-state index in [0.29, 0.717) is 10.1 Å². The molecule has 0 amide bonds. The molecular weight excluding hydrogens is 502 g/mol. The number of furan rings is 1. The lowest BCUT2D eigenvalue weighted by Gasteiger charge is -2.26. The summed E-state index contributed by atoms with van der Waals surface area (Å²) >= 11 is 11.9. The molecule has 2 unspecified atom stereocenters. The number of benzene rings is 3. The molecular formula is C30H22ClN3O2S. The molecule has 1 N–H and O–H groups in total. The second-order valence-electron chi connectivity index (χ2n) is 8.61. The van der Waals surface area contributed by atoms with E-state index in [1.165, 1.54) is 0 Å². The number of pyridine rings is 1. The summed E-state index contributed by atoms with van der Waals surface area (Å²) in [5.41, 5.74) is 2.75. The van der Waals surface area contributed by atoms with Crippen LogP contribution in [0.1, 0.15) is 23.5 Å². The zero-order valence-corrected chi connectivity index (χ0v) is 21.2. The maximum Gasteiger partial charge on any atom is 0.174 e. The fourth-order valence-corrected chi connectivity index (χ4v) is 4.97. The van der Waals surface area contributed by atoms with E-state index >= 15 is 0 Å². The lowest BCUT2D eigenvalue weighted by Crippen LogP contribution is -2.29. The highest BCUT2D eigenvalue weighted by Gasteiger charge is 2.42. The molecule has 3 heterocycles. The van der Waals surface area contributed by atoms with Crippen LogP contribution in [0.2, 0.25) is 5.02 Å². The monoisotopic (exact) mass is 523 g/mol. The summed E-state index contributed by atoms with van der Waals surface area (Å²) in [5.74, 6) is 3.06. The maximum atomic E-state index is 6.41. The summed E-state index contributed by atoms with van der Waals surface area (Å²) in [5, 5.41) is 4.75. The van der Waals surface area contributed by atoms with Crippen molar-refractivity contribution in [1.29, 1.82) is 0 Å². The molecule has 182 valence electrons. The minimum absolute atomic E-state index is 0.196. The Morgan fingerprint density at radius 1 is 0.811 bits per heavy atom. The lowest BCUT2D eigenvalue weighted by atomic mass is 10.0. The van der Waals surface area contributed by atoms with Gasteiger partial charge in [0.25, 0.3) is 0 Å². The van der Waals surface area contributed by atoms with Crippen molar-refractivity contribution in [1.82, 2.24) is 10.3 Å². The molecule has 0 bridgehead atoms. The van der Waals surface area contributed by atoms with E-state index in [0.717, 1.165) is 40.0 Å². The van der Waals surface area contributed by atoms with E-state index in [9.17, 15) is 0 Å². The van der Waals surface area contributed by atoms with Gasteiger partial charge in [-0.15, -0.1) is 0 Å². The minimum atomic E-state index is -0.246. The molecule has 0 spiro atoms. The Bertz CT molecular complexity index is 1510. The van der Waals surface area contributed by atoms with Crippen LogP contribution in [0.15, 0.2) is 120 Å². The van der Waals surface area contributed by atoms with Crippen molar-refractivity contribution in [3.05, 3.63) is 132 Å². The van der Waals surface area contributed by atoms with Crippen LogP contribution in [0.5, 0.6) is 11.5 Å². The van der Waals surface area contributed by atoms with Gasteiger partial charge in [0.2, 0.25) is 0 Å². The average Bonchev–Trinajstić information content (AvgIpc) is 3.55. The number of ether oxygens (including phenoxy) is 1. The first kappa shape index (κ1) is 23.3. The number of halogens is 1. The fraction of sp³-hybridized carbons (Fsp3) is 0.0667. The number of nitrogens with zero attached hydrogens (tertiary/aromatic N) is 2. The SMILES string of the molecule is S=C1NC(c2ccccn2)C(c2ccc(-c3ccc(Cl)cc3)o2)N1c1ccc(Oc2ccccc2)cc1. The molecule has 5 nitrogen and oxygen atoms in total. The van der Waals surface area contributed by atoms with Crippen LogP contribution in [0.4, 0.5) is 5.69 Å². The van der Waals surface area contributed by atoms with Crippen LogP contribution in [0.25, 0.3) is 11.3 Å². The van der Waals surface area contributed by atoms with Crippen molar-refractivity contribution in [2.24, 2.45) is 0 Å². The first-order valence-electron chi connectivity index (χ1n) is 11.8. The number of nitrogens with one attached hydrogen (secondary N) is 1. The Labute approximate surface area is 225 Å². The zero-order valence-electron chi connectivity index (χ0n) is 19.6. The van der Waals surface area contributed by atoms with Gasteiger partial charge in [0.15, 0.2) is 5.11 Å². The molecule has 6 rings (SSSR count). The highest BCUT2D eigenvalue weighted by Crippen LogP contribution is 2.43. The third-order valence-electron chi connectivity index (χ3n) is 6.24. The highest BCUT2D eigenvalue weighted by molar-refractivity contribution is 7.80. The predicted molar refractivity (Wildman–Crippen MR) is 150 cm³/mol. The Morgan fingerprint density at radius 2 is 1.54 bits per heavy atom. The smallest absolute Gasteiger partial charge is 0.174 e. The van der Waals surface area contributed by atoms with E-state index in [4.69, 9.17) is 33.0 Å². The first-order chi connectivity index (χ1) is 18.2. The van der Waals surface area contributed by atoms with E-state index in [1.54, 1.807) is 6.20 Å². The Kier molecular flexibility index (Phi) is 6.35. The molecule has 1 fully saturated rings. The molecule has 2 atom stereocenters. The second-order valence-corrected chi connectivity index (χ2v) is 9.44. The Hall–Kier alpha value is -4.13. The van der Waals surface area contributed by atoms with E-state index in [1.807, 2.05) is 109 Å². The molecule has 0 saturated carbocycles. The van der Waals surface area contributed by atoms with Crippen molar-refractivity contribution >= 4 is 34.6 Å². The van der Waals surface area contributed by atoms with E-state index < -0.39 is 0 Å². The van der Waals surface area contributed by atoms with Crippen LogP contribution in [-0.4, -0.2) is 10.1 Å². The zero-order chi connectivity index (χ0) is 25.2. The van der Waals surface area contributed by atoms with Gasteiger partial charge in [0, 0.05) is 22.5 Å². The summed E-state index contributed by atoms with van der Waals surface area (Å²) in [6.07, 6.45) is 1.79. The van der Waals surface area contributed by atoms with Crippen LogP contribution >= 0.6 is 23.8 Å². The van der Waals surface area contributed by atoms with Crippen molar-refractivity contribution < 1.29 is 9.15 Å². The topological polar surface area (TPSA) is 50.5 Å². The van der Waals surface area contributed by atoms with Crippen molar-refractivity contribution in [2.45, 2.75) is 12.1 Å². The van der Waals surface area contributed by atoms with Gasteiger partial charge in [0.05, 0.1) is 11.7 Å². The van der Waals surface area contributed by atoms with Crippen molar-refractivity contribution in [3.8, 4) is 22.8 Å². The summed E-state index contributed by atoms with van der Waals surface area (Å²) < 4.78 is 12.4. The predicted octanol–water partition coefficient (Wildman–Crippen LogP) is 7.96. The summed E-state index contributed by atoms with van der Waals surface area (Å²) in [6.45, 7) is 0. The average molecular weight is 524 g/mol. The Morgan fingerprint density at radius 3 is 2.27 bits per heavy atom. The van der Waals surface area contributed by atoms with Crippen molar-refractivity contribution in [3.63, 3.8) is 0 Å². The Balaban J connectivity index is 1.35. The molecule has 5 aromatic rings. The van der Waals surface area contributed by atoms with Gasteiger partial charge in [0.1, 0.15) is 29.1 Å². The molecule has 37 heavy (non-hydrogen) atoms.